The molecule has 0 spiro atoms. The zero-order chi connectivity index (χ0) is 7.49. The third-order valence-corrected chi connectivity index (χ3v) is 1.04. The Morgan fingerprint density at radius 3 is 2.33 bits per heavy atom. The third kappa shape index (κ3) is 7.76. The van der Waals surface area contributed by atoms with Crippen molar-refractivity contribution in [2.45, 2.75) is 0 Å². The van der Waals surface area contributed by atoms with Crippen molar-refractivity contribution in [3.05, 3.63) is 0 Å². The van der Waals surface area contributed by atoms with Crippen LogP contribution in [0.2, 0.25) is 0 Å². The van der Waals surface area contributed by atoms with E-state index in [0.29, 0.717) is 0 Å². The molecular formula is C2H4O5S2. The van der Waals surface area contributed by atoms with E-state index in [0.717, 1.165) is 0 Å². The highest BCUT2D eigenvalue weighted by Crippen LogP contribution is 1.84. The minimum atomic E-state index is -3.77. The predicted octanol–water partition coefficient (Wildman–Crippen LogP) is -0.778. The number of aliphatic carboxylic acids is 1. The van der Waals surface area contributed by atoms with Crippen molar-refractivity contribution in [2.24, 2.45) is 0 Å². The van der Waals surface area contributed by atoms with Crippen LogP contribution in [0.15, 0.2) is 0 Å². The molecule has 2 N–H and O–H groups in total. The second-order valence-electron chi connectivity index (χ2n) is 1.08. The Bertz CT molecular complexity index is 191. The highest BCUT2D eigenvalue weighted by Gasteiger charge is 2.02. The molecule has 0 amide bonds. The van der Waals surface area contributed by atoms with E-state index < -0.39 is 21.6 Å². The number of carboxylic acid groups (broad SMARTS) is 1. The van der Waals surface area contributed by atoms with Gasteiger partial charge < -0.3 is 5.11 Å². The molecule has 0 radical (unpaired) electrons. The van der Waals surface area contributed by atoms with Crippen molar-refractivity contribution >= 4 is 26.2 Å². The first-order valence-electron chi connectivity index (χ1n) is 1.75. The quantitative estimate of drug-likeness (QED) is 0.581. The Hall–Kier alpha value is -0.240. The van der Waals surface area contributed by atoms with Gasteiger partial charge in [-0.2, -0.15) is 4.21 Å². The summed E-state index contributed by atoms with van der Waals surface area (Å²) in [6.07, 6.45) is 0. The molecule has 0 aromatic carbocycles. The Morgan fingerprint density at radius 1 is 1.78 bits per heavy atom. The van der Waals surface area contributed by atoms with Crippen LogP contribution in [0, 0.1) is 0 Å². The highest BCUT2D eigenvalue weighted by molar-refractivity contribution is 8.27. The van der Waals surface area contributed by atoms with Crippen LogP contribution in [-0.4, -0.2) is 26.4 Å². The molecule has 7 heteroatoms. The topological polar surface area (TPSA) is 83.8 Å². The molecule has 0 aromatic heterocycles. The van der Waals surface area contributed by atoms with Crippen molar-refractivity contribution in [2.75, 3.05) is 6.61 Å². The van der Waals surface area contributed by atoms with Crippen molar-refractivity contribution in [1.29, 1.82) is 0 Å². The first-order chi connectivity index (χ1) is 3.92. The van der Waals surface area contributed by atoms with E-state index in [2.05, 4.69) is 15.4 Å². The largest absolute Gasteiger partial charge is 0.479 e. The summed E-state index contributed by atoms with van der Waals surface area (Å²) in [7, 11) is -3.77. The fourth-order valence-electron chi connectivity index (χ4n) is 0.125. The zero-order valence-electron chi connectivity index (χ0n) is 4.14. The number of hydrogen-bond donors (Lipinski definition) is 2. The lowest BCUT2D eigenvalue weighted by Crippen LogP contribution is -2.11. The van der Waals surface area contributed by atoms with E-state index >= 15 is 0 Å². The molecule has 1 unspecified atom stereocenters. The van der Waals surface area contributed by atoms with Gasteiger partial charge in [0.25, 0.3) is 9.05 Å². The zero-order valence-corrected chi connectivity index (χ0v) is 5.78. The van der Waals surface area contributed by atoms with Gasteiger partial charge in [0.1, 0.15) is 0 Å². The van der Waals surface area contributed by atoms with Crippen LogP contribution < -0.4 is 0 Å². The second-order valence-corrected chi connectivity index (χ2v) is 3.44. The summed E-state index contributed by atoms with van der Waals surface area (Å²) in [4.78, 5) is 9.64. The maximum atomic E-state index is 9.98. The minimum absolute atomic E-state index is 0.848. The van der Waals surface area contributed by atoms with Crippen molar-refractivity contribution in [3.63, 3.8) is 0 Å². The molecule has 54 valence electrons. The number of hydrogen-bond acceptors (Lipinski definition) is 4. The molecule has 9 heavy (non-hydrogen) atoms. The lowest BCUT2D eigenvalue weighted by molar-refractivity contribution is -0.139. The van der Waals surface area contributed by atoms with Gasteiger partial charge in [0.2, 0.25) is 0 Å². The summed E-state index contributed by atoms with van der Waals surface area (Å²) in [6.45, 7) is -0.848. The van der Waals surface area contributed by atoms with E-state index in [1.807, 2.05) is 0 Å². The van der Waals surface area contributed by atoms with Crippen LogP contribution in [0.3, 0.4) is 0 Å². The van der Waals surface area contributed by atoms with Gasteiger partial charge in [-0.05, 0) is 0 Å². The summed E-state index contributed by atoms with van der Waals surface area (Å²) >= 11 is 3.80. The average Bonchev–Trinajstić information content (AvgIpc) is 1.59. The monoisotopic (exact) mass is 172 g/mol. The van der Waals surface area contributed by atoms with Crippen LogP contribution in [0.5, 0.6) is 0 Å². The predicted molar refractivity (Wildman–Crippen MR) is 31.7 cm³/mol. The van der Waals surface area contributed by atoms with Gasteiger partial charge in [-0.1, -0.05) is 0 Å². The van der Waals surface area contributed by atoms with Crippen molar-refractivity contribution in [1.82, 2.24) is 0 Å². The summed E-state index contributed by atoms with van der Waals surface area (Å²) < 4.78 is 21.9. The molecule has 0 heterocycles. The van der Waals surface area contributed by atoms with Crippen LogP contribution in [0.4, 0.5) is 0 Å². The molecular weight excluding hydrogens is 168 g/mol. The fraction of sp³-hybridized carbons (Fsp3) is 0.500. The Morgan fingerprint density at radius 2 is 2.22 bits per heavy atom. The van der Waals surface area contributed by atoms with E-state index in [9.17, 15) is 9.00 Å². The van der Waals surface area contributed by atoms with E-state index in [-0.39, 0.29) is 0 Å². The van der Waals surface area contributed by atoms with Crippen LogP contribution in [0.1, 0.15) is 0 Å². The van der Waals surface area contributed by atoms with E-state index in [4.69, 9.17) is 9.66 Å². The van der Waals surface area contributed by atoms with Gasteiger partial charge in [-0.25, -0.2) is 4.79 Å². The molecule has 0 bridgehead atoms. The Kier molecular flexibility index (Phi) is 2.98. The molecule has 0 saturated carbocycles. The Labute approximate surface area is 56.3 Å². The number of rotatable bonds is 3. The molecule has 0 aliphatic carbocycles. The molecule has 0 fully saturated rings. The van der Waals surface area contributed by atoms with Crippen molar-refractivity contribution < 1.29 is 22.8 Å². The first kappa shape index (κ1) is 8.76. The van der Waals surface area contributed by atoms with E-state index in [1.54, 1.807) is 0 Å². The number of carboxylic acids is 1. The summed E-state index contributed by atoms with van der Waals surface area (Å²) in [5.74, 6) is -1.33. The summed E-state index contributed by atoms with van der Waals surface area (Å²) in [5.41, 5.74) is 0. The second kappa shape index (κ2) is 3.06. The molecule has 0 aromatic rings. The van der Waals surface area contributed by atoms with Crippen LogP contribution >= 0.6 is 0 Å². The standard InChI is InChI=1S/C2H4O5S2/c3-2(4)1-7-9(5,6)8/h1H2,(H,3,4)(H,5,6,8). The number of carbonyl (C=O) groups is 1. The summed E-state index contributed by atoms with van der Waals surface area (Å²) in [6, 6.07) is 0. The maximum Gasteiger partial charge on any atom is 0.331 e. The van der Waals surface area contributed by atoms with Crippen LogP contribution in [0.25, 0.3) is 0 Å². The fourth-order valence-corrected chi connectivity index (χ4v) is 0.519. The average molecular weight is 172 g/mol. The molecule has 0 aliphatic heterocycles. The lowest BCUT2D eigenvalue weighted by Gasteiger charge is -1.94. The third-order valence-electron chi connectivity index (χ3n) is 0.331. The first-order valence-corrected chi connectivity index (χ1v) is 4.12. The van der Waals surface area contributed by atoms with Gasteiger partial charge in [-0.15, -0.1) is 0 Å². The summed E-state index contributed by atoms with van der Waals surface area (Å²) in [5, 5.41) is 7.87. The minimum Gasteiger partial charge on any atom is -0.479 e. The van der Waals surface area contributed by atoms with Gasteiger partial charge in [-0.3, -0.25) is 8.74 Å². The van der Waals surface area contributed by atoms with E-state index in [1.165, 1.54) is 0 Å². The molecule has 5 nitrogen and oxygen atoms in total. The van der Waals surface area contributed by atoms with Gasteiger partial charge in [0, 0.05) is 11.2 Å². The Balaban J connectivity index is 3.67. The lowest BCUT2D eigenvalue weighted by atomic mass is 10.8. The molecule has 0 rings (SSSR count). The van der Waals surface area contributed by atoms with Gasteiger partial charge in [0.05, 0.1) is 0 Å². The highest BCUT2D eigenvalue weighted by atomic mass is 32.9. The SMILES string of the molecule is O=C(O)COS(=O)(O)=S. The normalized spacial score (nSPS) is 16.6. The molecule has 0 saturated heterocycles. The smallest absolute Gasteiger partial charge is 0.331 e. The molecule has 1 atom stereocenters. The van der Waals surface area contributed by atoms with Gasteiger partial charge in [0.15, 0.2) is 6.61 Å². The van der Waals surface area contributed by atoms with Crippen LogP contribution in [-0.2, 0) is 29.2 Å². The maximum absolute atomic E-state index is 9.98. The van der Waals surface area contributed by atoms with Crippen molar-refractivity contribution in [3.8, 4) is 0 Å². The van der Waals surface area contributed by atoms with Gasteiger partial charge >= 0.3 is 5.97 Å². The molecule has 0 aliphatic rings.